The Morgan fingerprint density at radius 1 is 1.14 bits per heavy atom. The third-order valence-corrected chi connectivity index (χ3v) is 3.17. The summed E-state index contributed by atoms with van der Waals surface area (Å²) >= 11 is 0. The Hall–Kier alpha value is -3.02. The predicted octanol–water partition coefficient (Wildman–Crippen LogP) is 2.38. The van der Waals surface area contributed by atoms with Gasteiger partial charge in [-0.05, 0) is 6.07 Å². The fourth-order valence-corrected chi connectivity index (χ4v) is 2.24. The molecule has 1 heterocycles. The molecule has 1 amide bonds. The van der Waals surface area contributed by atoms with Crippen LogP contribution in [-0.2, 0) is 4.79 Å². The Balaban J connectivity index is 2.15. The van der Waals surface area contributed by atoms with Crippen LogP contribution in [0.25, 0.3) is 0 Å². The van der Waals surface area contributed by atoms with E-state index >= 15 is 0 Å². The molecule has 104 valence electrons. The second-order valence-electron chi connectivity index (χ2n) is 4.57. The molecule has 2 aromatic rings. The van der Waals surface area contributed by atoms with Gasteiger partial charge in [0.05, 0.1) is 16.3 Å². The monoisotopic (exact) mass is 281 g/mol. The van der Waals surface area contributed by atoms with Gasteiger partial charge < -0.3 is 5.32 Å². The lowest BCUT2D eigenvalue weighted by atomic mass is 10.0. The van der Waals surface area contributed by atoms with E-state index < -0.39 is 4.92 Å². The van der Waals surface area contributed by atoms with Crippen LogP contribution >= 0.6 is 0 Å². The summed E-state index contributed by atoms with van der Waals surface area (Å²) in [6.45, 7) is -0.00724. The summed E-state index contributed by atoms with van der Waals surface area (Å²) in [6.07, 6.45) is 0. The zero-order valence-electron chi connectivity index (χ0n) is 10.9. The number of hydrogen-bond acceptors (Lipinski definition) is 4. The van der Waals surface area contributed by atoms with Gasteiger partial charge in [0.1, 0.15) is 6.54 Å². The number of benzodiazepines with no additional fused rings is 1. The van der Waals surface area contributed by atoms with Gasteiger partial charge in [-0.3, -0.25) is 19.9 Å². The number of non-ortho nitro benzene ring substituents is 1. The van der Waals surface area contributed by atoms with Gasteiger partial charge in [-0.25, -0.2) is 0 Å². The van der Waals surface area contributed by atoms with E-state index in [2.05, 4.69) is 10.3 Å². The molecule has 6 heteroatoms. The van der Waals surface area contributed by atoms with E-state index in [0.717, 1.165) is 5.56 Å². The highest BCUT2D eigenvalue weighted by molar-refractivity contribution is 6.19. The number of para-hydroxylation sites is 1. The average molecular weight is 281 g/mol. The SMILES string of the molecule is O=C1CN=C(c2cccc([N+](=O)[O-])c2)c2ccccc2N1. The highest BCUT2D eigenvalue weighted by Crippen LogP contribution is 2.24. The second-order valence-corrected chi connectivity index (χ2v) is 4.57. The van der Waals surface area contributed by atoms with E-state index in [4.69, 9.17) is 0 Å². The zero-order chi connectivity index (χ0) is 14.8. The molecule has 2 aromatic carbocycles. The maximum absolute atomic E-state index is 11.7. The molecule has 0 aliphatic carbocycles. The fourth-order valence-electron chi connectivity index (χ4n) is 2.24. The molecule has 1 N–H and O–H groups in total. The van der Waals surface area contributed by atoms with Crippen molar-refractivity contribution < 1.29 is 9.72 Å². The third-order valence-electron chi connectivity index (χ3n) is 3.17. The number of nitro groups is 1. The average Bonchev–Trinajstić information content (AvgIpc) is 2.65. The van der Waals surface area contributed by atoms with Gasteiger partial charge >= 0.3 is 0 Å². The molecule has 1 aliphatic heterocycles. The molecular formula is C15H11N3O3. The number of nitrogens with zero attached hydrogens (tertiary/aromatic N) is 2. The van der Waals surface area contributed by atoms with E-state index in [9.17, 15) is 14.9 Å². The summed E-state index contributed by atoms with van der Waals surface area (Å²) < 4.78 is 0. The number of nitro benzene ring substituents is 1. The van der Waals surface area contributed by atoms with Crippen LogP contribution in [0.5, 0.6) is 0 Å². The standard InChI is InChI=1S/C15H11N3O3/c19-14-9-16-15(12-6-1-2-7-13(12)17-14)10-4-3-5-11(8-10)18(20)21/h1-8H,9H2,(H,17,19). The van der Waals surface area contributed by atoms with Gasteiger partial charge in [0, 0.05) is 23.3 Å². The third kappa shape index (κ3) is 2.51. The normalized spacial score (nSPS) is 13.7. The van der Waals surface area contributed by atoms with Crippen molar-refractivity contribution >= 4 is 23.0 Å². The molecule has 0 saturated heterocycles. The molecule has 0 radical (unpaired) electrons. The number of amides is 1. The molecule has 0 saturated carbocycles. The fraction of sp³-hybridized carbons (Fsp3) is 0.0667. The van der Waals surface area contributed by atoms with E-state index in [-0.39, 0.29) is 18.1 Å². The van der Waals surface area contributed by atoms with Crippen LogP contribution in [0, 0.1) is 10.1 Å². The lowest BCUT2D eigenvalue weighted by Crippen LogP contribution is -2.13. The first-order valence-electron chi connectivity index (χ1n) is 6.33. The quantitative estimate of drug-likeness (QED) is 0.677. The Morgan fingerprint density at radius 2 is 1.95 bits per heavy atom. The van der Waals surface area contributed by atoms with Gasteiger partial charge in [0.2, 0.25) is 5.91 Å². The van der Waals surface area contributed by atoms with E-state index in [1.807, 2.05) is 18.2 Å². The summed E-state index contributed by atoms with van der Waals surface area (Å²) in [5.41, 5.74) is 2.60. The summed E-state index contributed by atoms with van der Waals surface area (Å²) in [6, 6.07) is 13.5. The van der Waals surface area contributed by atoms with E-state index in [1.54, 1.807) is 18.2 Å². The largest absolute Gasteiger partial charge is 0.324 e. The van der Waals surface area contributed by atoms with Crippen LogP contribution in [-0.4, -0.2) is 23.1 Å². The summed E-state index contributed by atoms with van der Waals surface area (Å²) in [7, 11) is 0. The van der Waals surface area contributed by atoms with Gasteiger partial charge in [-0.1, -0.05) is 30.3 Å². The number of benzene rings is 2. The number of hydrogen-bond donors (Lipinski definition) is 1. The molecule has 0 spiro atoms. The zero-order valence-corrected chi connectivity index (χ0v) is 10.9. The smallest absolute Gasteiger partial charge is 0.270 e. The Kier molecular flexibility index (Phi) is 3.19. The molecule has 0 unspecified atom stereocenters. The van der Waals surface area contributed by atoms with Crippen molar-refractivity contribution in [2.75, 3.05) is 11.9 Å². The summed E-state index contributed by atoms with van der Waals surface area (Å²) in [5.74, 6) is -0.206. The molecule has 0 atom stereocenters. The summed E-state index contributed by atoms with van der Waals surface area (Å²) in [5, 5.41) is 13.7. The molecule has 0 fully saturated rings. The van der Waals surface area contributed by atoms with Crippen LogP contribution < -0.4 is 5.32 Å². The minimum atomic E-state index is -0.448. The van der Waals surface area contributed by atoms with Crippen LogP contribution in [0.4, 0.5) is 11.4 Å². The Morgan fingerprint density at radius 3 is 2.76 bits per heavy atom. The molecule has 21 heavy (non-hydrogen) atoms. The minimum Gasteiger partial charge on any atom is -0.324 e. The molecular weight excluding hydrogens is 270 g/mol. The second kappa shape index (κ2) is 5.16. The van der Waals surface area contributed by atoms with Crippen LogP contribution in [0.1, 0.15) is 11.1 Å². The highest BCUT2D eigenvalue weighted by Gasteiger charge is 2.18. The first-order valence-corrected chi connectivity index (χ1v) is 6.33. The van der Waals surface area contributed by atoms with Gasteiger partial charge in [0.25, 0.3) is 5.69 Å². The topological polar surface area (TPSA) is 84.6 Å². The van der Waals surface area contributed by atoms with E-state index in [0.29, 0.717) is 17.0 Å². The Labute approximate surface area is 120 Å². The van der Waals surface area contributed by atoms with Crippen molar-refractivity contribution in [1.82, 2.24) is 0 Å². The van der Waals surface area contributed by atoms with Crippen LogP contribution in [0.3, 0.4) is 0 Å². The number of carbonyl (C=O) groups is 1. The maximum Gasteiger partial charge on any atom is 0.270 e. The van der Waals surface area contributed by atoms with Crippen molar-refractivity contribution in [3.63, 3.8) is 0 Å². The lowest BCUT2D eigenvalue weighted by Gasteiger charge is -2.09. The van der Waals surface area contributed by atoms with Crippen molar-refractivity contribution in [3.8, 4) is 0 Å². The van der Waals surface area contributed by atoms with Crippen molar-refractivity contribution in [3.05, 3.63) is 69.8 Å². The van der Waals surface area contributed by atoms with Crippen molar-refractivity contribution in [1.29, 1.82) is 0 Å². The number of fused-ring (bicyclic) bond motifs is 1. The molecule has 0 aromatic heterocycles. The first kappa shape index (κ1) is 13.0. The van der Waals surface area contributed by atoms with E-state index in [1.165, 1.54) is 12.1 Å². The van der Waals surface area contributed by atoms with Gasteiger partial charge in [-0.2, -0.15) is 0 Å². The number of aliphatic imine (C=N–C) groups is 1. The molecule has 3 rings (SSSR count). The van der Waals surface area contributed by atoms with Crippen LogP contribution in [0.2, 0.25) is 0 Å². The predicted molar refractivity (Wildman–Crippen MR) is 78.7 cm³/mol. The maximum atomic E-state index is 11.7. The number of anilines is 1. The Bertz CT molecular complexity index is 768. The molecule has 1 aliphatic rings. The van der Waals surface area contributed by atoms with Gasteiger partial charge in [0.15, 0.2) is 0 Å². The first-order chi connectivity index (χ1) is 10.1. The number of rotatable bonds is 2. The highest BCUT2D eigenvalue weighted by atomic mass is 16.6. The van der Waals surface area contributed by atoms with Crippen molar-refractivity contribution in [2.24, 2.45) is 4.99 Å². The number of nitrogens with one attached hydrogen (secondary N) is 1. The molecule has 0 bridgehead atoms. The van der Waals surface area contributed by atoms with Crippen molar-refractivity contribution in [2.45, 2.75) is 0 Å². The summed E-state index contributed by atoms with van der Waals surface area (Å²) in [4.78, 5) is 26.4. The van der Waals surface area contributed by atoms with Gasteiger partial charge in [-0.15, -0.1) is 0 Å². The molecule has 6 nitrogen and oxygen atoms in total. The number of carbonyl (C=O) groups excluding carboxylic acids is 1. The lowest BCUT2D eigenvalue weighted by molar-refractivity contribution is -0.384. The minimum absolute atomic E-state index is 0.00351. The van der Waals surface area contributed by atoms with Crippen LogP contribution in [0.15, 0.2) is 53.5 Å².